The van der Waals surface area contributed by atoms with Crippen LogP contribution in [0.1, 0.15) is 56.3 Å². The Balaban J connectivity index is 1.39. The molecule has 2 atom stereocenters. The lowest BCUT2D eigenvalue weighted by atomic mass is 9.92. The fourth-order valence-electron chi connectivity index (χ4n) is 5.10. The molecule has 238 valence electrons. The Hall–Kier alpha value is -4.68. The van der Waals surface area contributed by atoms with Crippen molar-refractivity contribution in [2.24, 2.45) is 11.8 Å². The van der Waals surface area contributed by atoms with E-state index in [0.29, 0.717) is 52.0 Å². The molecule has 1 aliphatic rings. The van der Waals surface area contributed by atoms with Gasteiger partial charge in [0.2, 0.25) is 5.91 Å². The van der Waals surface area contributed by atoms with Gasteiger partial charge in [-0.25, -0.2) is 4.79 Å². The number of nitrogens with one attached hydrogen (secondary N) is 3. The van der Waals surface area contributed by atoms with Gasteiger partial charge in [-0.15, -0.1) is 10.2 Å². The van der Waals surface area contributed by atoms with Crippen LogP contribution in [0.4, 0.5) is 10.5 Å². The Labute approximate surface area is 276 Å². The summed E-state index contributed by atoms with van der Waals surface area (Å²) in [5.41, 5.74) is 4.46. The third kappa shape index (κ3) is 8.95. The molecule has 3 N–H and O–H groups in total. The van der Waals surface area contributed by atoms with E-state index in [1.165, 1.54) is 37.0 Å². The summed E-state index contributed by atoms with van der Waals surface area (Å²) in [6.45, 7) is 2.07. The van der Waals surface area contributed by atoms with Crippen molar-refractivity contribution in [2.45, 2.75) is 45.1 Å². The van der Waals surface area contributed by atoms with E-state index in [4.69, 9.17) is 28.6 Å². The average Bonchev–Trinajstić information content (AvgIpc) is 3.67. The zero-order valence-electron chi connectivity index (χ0n) is 25.3. The van der Waals surface area contributed by atoms with Crippen molar-refractivity contribution in [2.75, 3.05) is 12.4 Å². The van der Waals surface area contributed by atoms with E-state index < -0.39 is 12.1 Å². The van der Waals surface area contributed by atoms with E-state index >= 15 is 0 Å². The molecule has 46 heavy (non-hydrogen) atoms. The summed E-state index contributed by atoms with van der Waals surface area (Å²) in [5, 5.41) is 34.8. The Bertz CT molecular complexity index is 1730. The van der Waals surface area contributed by atoms with E-state index in [2.05, 4.69) is 48.0 Å². The molecule has 14 heteroatoms. The molecule has 2 aromatic heterocycles. The van der Waals surface area contributed by atoms with E-state index in [0.717, 1.165) is 17.7 Å². The van der Waals surface area contributed by atoms with Gasteiger partial charge in [-0.05, 0) is 102 Å². The maximum absolute atomic E-state index is 13.4. The summed E-state index contributed by atoms with van der Waals surface area (Å²) < 4.78 is 6.14. The SMILES string of the molecule is COC(=O)Nc1ccc(-c2cc([C@H](CC(C)CC(=N)CC3CC3)NC(=O)/C=C/c3cc(Cl)ccc3-n3cnnn3)nnc2Cl)cc1. The molecule has 0 aliphatic heterocycles. The van der Waals surface area contributed by atoms with Crippen LogP contribution in [0.3, 0.4) is 0 Å². The normalized spacial score (nSPS) is 14.1. The highest BCUT2D eigenvalue weighted by molar-refractivity contribution is 6.32. The quantitative estimate of drug-likeness (QED) is 0.105. The van der Waals surface area contributed by atoms with Crippen molar-refractivity contribution in [3.8, 4) is 16.8 Å². The number of rotatable bonds is 13. The third-order valence-electron chi connectivity index (χ3n) is 7.53. The fourth-order valence-corrected chi connectivity index (χ4v) is 5.49. The van der Waals surface area contributed by atoms with Crippen LogP contribution in [0.5, 0.6) is 0 Å². The molecule has 0 bridgehead atoms. The summed E-state index contributed by atoms with van der Waals surface area (Å²) >= 11 is 12.7. The van der Waals surface area contributed by atoms with Crippen molar-refractivity contribution in [1.29, 1.82) is 5.41 Å². The van der Waals surface area contributed by atoms with E-state index in [-0.39, 0.29) is 17.0 Å². The molecule has 1 saturated carbocycles. The van der Waals surface area contributed by atoms with E-state index in [1.54, 1.807) is 48.5 Å². The molecule has 5 rings (SSSR count). The number of carbonyl (C=O) groups is 2. The van der Waals surface area contributed by atoms with Crippen LogP contribution >= 0.6 is 23.2 Å². The number of carbonyl (C=O) groups excluding carboxylic acids is 2. The first kappa shape index (κ1) is 32.7. The Kier molecular flexibility index (Phi) is 10.7. The molecule has 0 radical (unpaired) electrons. The molecule has 0 spiro atoms. The predicted octanol–water partition coefficient (Wildman–Crippen LogP) is 6.71. The van der Waals surface area contributed by atoms with Gasteiger partial charge in [0, 0.05) is 33.6 Å². The van der Waals surface area contributed by atoms with Gasteiger partial charge < -0.3 is 15.5 Å². The largest absolute Gasteiger partial charge is 0.453 e. The number of methoxy groups -OCH3 is 1. The van der Waals surface area contributed by atoms with Gasteiger partial charge in [-0.3, -0.25) is 10.1 Å². The van der Waals surface area contributed by atoms with Gasteiger partial charge in [0.05, 0.1) is 24.5 Å². The molecule has 12 nitrogen and oxygen atoms in total. The number of hydrogen-bond acceptors (Lipinski definition) is 9. The lowest BCUT2D eigenvalue weighted by molar-refractivity contribution is -0.117. The molecule has 1 unspecified atom stereocenters. The predicted molar refractivity (Wildman–Crippen MR) is 176 cm³/mol. The Morgan fingerprint density at radius 3 is 2.61 bits per heavy atom. The highest BCUT2D eigenvalue weighted by atomic mass is 35.5. The minimum atomic E-state index is -0.576. The fraction of sp³-hybridized carbons (Fsp3) is 0.312. The maximum atomic E-state index is 13.4. The smallest absolute Gasteiger partial charge is 0.411 e. The standard InChI is InChI=1S/C32H33Cl2N9O3/c1-19(13-24(35)15-20-3-4-20)14-27(38-30(44)12-7-22-16-23(33)8-11-29(22)43-18-36-41-42-43)28-17-26(31(34)40-39-28)21-5-9-25(10-6-21)37-32(45)46-2/h5-12,16-20,27,35H,3-4,13-15H2,1-2H3,(H,37,45)(H,38,44)/b12-7+,35-24?/t19?,27-/m0/s1. The van der Waals surface area contributed by atoms with Crippen LogP contribution in [0.2, 0.25) is 10.2 Å². The maximum Gasteiger partial charge on any atom is 0.411 e. The third-order valence-corrected chi connectivity index (χ3v) is 8.05. The van der Waals surface area contributed by atoms with Crippen LogP contribution in [-0.4, -0.2) is 55.2 Å². The minimum absolute atomic E-state index is 0.0875. The molecule has 1 aliphatic carbocycles. The number of hydrogen-bond donors (Lipinski definition) is 3. The molecule has 2 amide bonds. The lowest BCUT2D eigenvalue weighted by Gasteiger charge is -2.22. The highest BCUT2D eigenvalue weighted by Gasteiger charge is 2.25. The number of tetrazole rings is 1. The summed E-state index contributed by atoms with van der Waals surface area (Å²) in [6.07, 6.45) is 8.29. The number of benzene rings is 2. The second-order valence-electron chi connectivity index (χ2n) is 11.3. The monoisotopic (exact) mass is 661 g/mol. The number of amides is 2. The zero-order valence-corrected chi connectivity index (χ0v) is 26.8. The van der Waals surface area contributed by atoms with Gasteiger partial charge >= 0.3 is 6.09 Å². The van der Waals surface area contributed by atoms with Gasteiger partial charge in [0.15, 0.2) is 5.15 Å². The van der Waals surface area contributed by atoms with Crippen molar-refractivity contribution in [3.63, 3.8) is 0 Å². The molecule has 2 heterocycles. The molecule has 0 saturated heterocycles. The number of aromatic nitrogens is 6. The minimum Gasteiger partial charge on any atom is -0.453 e. The van der Waals surface area contributed by atoms with Crippen LogP contribution in [0.15, 0.2) is 60.9 Å². The summed E-state index contributed by atoms with van der Waals surface area (Å²) in [6, 6.07) is 13.5. The van der Waals surface area contributed by atoms with Crippen LogP contribution in [0, 0.1) is 17.2 Å². The number of halogens is 2. The number of anilines is 1. The van der Waals surface area contributed by atoms with E-state index in [1.807, 2.05) is 6.07 Å². The van der Waals surface area contributed by atoms with Crippen LogP contribution < -0.4 is 10.6 Å². The molecular formula is C32H33Cl2N9O3. The Morgan fingerprint density at radius 1 is 1.13 bits per heavy atom. The summed E-state index contributed by atoms with van der Waals surface area (Å²) in [5.74, 6) is 0.359. The average molecular weight is 663 g/mol. The molecule has 1 fully saturated rings. The molecule has 4 aromatic rings. The van der Waals surface area contributed by atoms with Gasteiger partial charge in [0.1, 0.15) is 6.33 Å². The van der Waals surface area contributed by atoms with Gasteiger partial charge in [-0.1, -0.05) is 42.3 Å². The molecular weight excluding hydrogens is 629 g/mol. The summed E-state index contributed by atoms with van der Waals surface area (Å²) in [7, 11) is 1.29. The Morgan fingerprint density at radius 2 is 1.91 bits per heavy atom. The first-order chi connectivity index (χ1) is 22.2. The highest BCUT2D eigenvalue weighted by Crippen LogP contribution is 2.35. The van der Waals surface area contributed by atoms with Crippen LogP contribution in [-0.2, 0) is 9.53 Å². The topological polar surface area (TPSA) is 161 Å². The van der Waals surface area contributed by atoms with Crippen LogP contribution in [0.25, 0.3) is 22.9 Å². The van der Waals surface area contributed by atoms with Crippen molar-refractivity contribution in [1.82, 2.24) is 35.7 Å². The van der Waals surface area contributed by atoms with E-state index in [9.17, 15) is 9.59 Å². The number of nitrogens with zero attached hydrogens (tertiary/aromatic N) is 6. The first-order valence-corrected chi connectivity index (χ1v) is 15.5. The van der Waals surface area contributed by atoms with Gasteiger partial charge in [0.25, 0.3) is 0 Å². The van der Waals surface area contributed by atoms with Crippen molar-refractivity contribution >= 4 is 52.7 Å². The lowest BCUT2D eigenvalue weighted by Crippen LogP contribution is -2.29. The van der Waals surface area contributed by atoms with Gasteiger partial charge in [-0.2, -0.15) is 9.78 Å². The van der Waals surface area contributed by atoms with Crippen molar-refractivity contribution < 1.29 is 14.3 Å². The summed E-state index contributed by atoms with van der Waals surface area (Å²) in [4.78, 5) is 25.0. The number of ether oxygens (including phenoxy) is 1. The van der Waals surface area contributed by atoms with Crippen molar-refractivity contribution in [3.05, 3.63) is 82.4 Å². The zero-order chi connectivity index (χ0) is 32.6. The first-order valence-electron chi connectivity index (χ1n) is 14.7. The molecule has 2 aromatic carbocycles. The second-order valence-corrected chi connectivity index (χ2v) is 12.1. The second kappa shape index (κ2) is 15.1.